The minimum Gasteiger partial charge on any atom is -0.342 e. The van der Waals surface area contributed by atoms with Gasteiger partial charge in [-0.1, -0.05) is 6.92 Å². The molecule has 0 N–H and O–H groups in total. The third kappa shape index (κ3) is 3.71. The average molecular weight is 316 g/mol. The minimum absolute atomic E-state index is 0.0580. The van der Waals surface area contributed by atoms with Gasteiger partial charge in [-0.25, -0.2) is 9.99 Å². The Kier molecular flexibility index (Phi) is 5.39. The van der Waals surface area contributed by atoms with E-state index in [2.05, 4.69) is 18.7 Å². The fourth-order valence-electron chi connectivity index (χ4n) is 2.77. The Bertz CT molecular complexity index is 593. The van der Waals surface area contributed by atoms with Crippen molar-refractivity contribution < 1.29 is 4.79 Å². The van der Waals surface area contributed by atoms with Gasteiger partial charge in [0.2, 0.25) is 0 Å². The normalized spacial score (nSPS) is 14.0. The molecule has 1 aromatic heterocycles. The maximum atomic E-state index is 12.8. The maximum absolute atomic E-state index is 12.8. The lowest BCUT2D eigenvalue weighted by Gasteiger charge is -2.26. The summed E-state index contributed by atoms with van der Waals surface area (Å²) in [5, 5.41) is 5.92. The van der Waals surface area contributed by atoms with Gasteiger partial charge in [0.25, 0.3) is 5.91 Å². The van der Waals surface area contributed by atoms with Gasteiger partial charge in [-0.15, -0.1) is 0 Å². The van der Waals surface area contributed by atoms with E-state index in [-0.39, 0.29) is 11.9 Å². The molecule has 5 nitrogen and oxygen atoms in total. The van der Waals surface area contributed by atoms with Gasteiger partial charge in [-0.05, 0) is 46.1 Å². The molecule has 23 heavy (non-hydrogen) atoms. The third-order valence-corrected chi connectivity index (χ3v) is 4.26. The lowest BCUT2D eigenvalue weighted by molar-refractivity contribution is 0.0794. The Morgan fingerprint density at radius 3 is 2.61 bits per heavy atom. The van der Waals surface area contributed by atoms with E-state index >= 15 is 0 Å². The van der Waals surface area contributed by atoms with Crippen molar-refractivity contribution >= 4 is 18.4 Å². The molecule has 0 atom stereocenters. The Morgan fingerprint density at radius 1 is 1.48 bits per heavy atom. The van der Waals surface area contributed by atoms with Crippen molar-refractivity contribution in [3.05, 3.63) is 22.9 Å². The molecule has 2 rings (SSSR count). The van der Waals surface area contributed by atoms with E-state index in [0.29, 0.717) is 5.92 Å². The van der Waals surface area contributed by atoms with Gasteiger partial charge in [-0.2, -0.15) is 5.10 Å². The monoisotopic (exact) mass is 316 g/mol. The van der Waals surface area contributed by atoms with Gasteiger partial charge in [0, 0.05) is 49.1 Å². The average Bonchev–Trinajstić information content (AvgIpc) is 3.33. The summed E-state index contributed by atoms with van der Waals surface area (Å²) in [5.41, 5.74) is 2.62. The van der Waals surface area contributed by atoms with Gasteiger partial charge >= 0.3 is 0 Å². The molecule has 1 saturated carbocycles. The highest BCUT2D eigenvalue weighted by Gasteiger charge is 2.29. The largest absolute Gasteiger partial charge is 0.342 e. The smallest absolute Gasteiger partial charge is 0.254 e. The van der Waals surface area contributed by atoms with Crippen molar-refractivity contribution in [3.8, 4) is 0 Å². The Balaban J connectivity index is 2.51. The van der Waals surface area contributed by atoms with Crippen molar-refractivity contribution in [1.29, 1.82) is 0 Å². The molecule has 0 unspecified atom stereocenters. The van der Waals surface area contributed by atoms with Crippen molar-refractivity contribution in [2.24, 2.45) is 5.10 Å². The number of nitrogens with zero attached hydrogens (tertiary/aromatic N) is 4. The van der Waals surface area contributed by atoms with Crippen LogP contribution in [0.15, 0.2) is 11.2 Å². The molecule has 5 heteroatoms. The number of aromatic nitrogens is 1. The van der Waals surface area contributed by atoms with Gasteiger partial charge < -0.3 is 4.90 Å². The summed E-state index contributed by atoms with van der Waals surface area (Å²) in [4.78, 5) is 19.4. The summed E-state index contributed by atoms with van der Waals surface area (Å²) in [7, 11) is 1.86. The van der Waals surface area contributed by atoms with Crippen LogP contribution >= 0.6 is 0 Å². The lowest BCUT2D eigenvalue weighted by atomic mass is 10.1. The topological polar surface area (TPSA) is 48.8 Å². The van der Waals surface area contributed by atoms with Gasteiger partial charge in [0.05, 0.1) is 0 Å². The van der Waals surface area contributed by atoms with Crippen LogP contribution in [0.2, 0.25) is 0 Å². The molecule has 0 aromatic carbocycles. The van der Waals surface area contributed by atoms with E-state index in [9.17, 15) is 4.79 Å². The van der Waals surface area contributed by atoms with E-state index in [1.165, 1.54) is 0 Å². The number of hydrogen-bond acceptors (Lipinski definition) is 4. The first-order valence-electron chi connectivity index (χ1n) is 8.43. The van der Waals surface area contributed by atoms with Crippen LogP contribution < -0.4 is 5.01 Å². The van der Waals surface area contributed by atoms with Crippen LogP contribution in [0.25, 0.3) is 0 Å². The predicted molar refractivity (Wildman–Crippen MR) is 95.4 cm³/mol. The second kappa shape index (κ2) is 7.11. The Hall–Kier alpha value is -1.91. The highest BCUT2D eigenvalue weighted by atomic mass is 16.2. The van der Waals surface area contributed by atoms with Crippen LogP contribution in [0.3, 0.4) is 0 Å². The van der Waals surface area contributed by atoms with E-state index in [1.807, 2.05) is 33.9 Å². The molecule has 1 fully saturated rings. The first-order valence-corrected chi connectivity index (χ1v) is 8.43. The standard InChI is InChI=1S/C18H28N4O/c1-7-10-21(6)18(23)15-11-16(14-8-9-14)20-17(13(15)4)22(19-5)12(2)3/h11-12,14H,5,7-10H2,1-4,6H3. The third-order valence-electron chi connectivity index (χ3n) is 4.26. The second-order valence-corrected chi connectivity index (χ2v) is 6.62. The number of carbonyl (C=O) groups excluding carboxylic acids is 1. The first-order chi connectivity index (χ1) is 10.9. The predicted octanol–water partition coefficient (Wildman–Crippen LogP) is 3.58. The summed E-state index contributed by atoms with van der Waals surface area (Å²) in [6.07, 6.45) is 3.25. The van der Waals surface area contributed by atoms with Gasteiger partial charge in [0.1, 0.15) is 0 Å². The SMILES string of the molecule is C=NN(c1nc(C2CC2)cc(C(=O)N(C)CCC)c1C)C(C)C. The summed E-state index contributed by atoms with van der Waals surface area (Å²) in [5.74, 6) is 1.30. The fraction of sp³-hybridized carbons (Fsp3) is 0.611. The molecular weight excluding hydrogens is 288 g/mol. The van der Waals surface area contributed by atoms with Crippen molar-refractivity contribution in [3.63, 3.8) is 0 Å². The molecule has 0 bridgehead atoms. The Labute approximate surface area is 139 Å². The molecule has 1 amide bonds. The number of rotatable bonds is 7. The molecule has 1 heterocycles. The van der Waals surface area contributed by atoms with Crippen molar-refractivity contribution in [1.82, 2.24) is 9.88 Å². The van der Waals surface area contributed by atoms with E-state index in [4.69, 9.17) is 4.98 Å². The zero-order valence-corrected chi connectivity index (χ0v) is 15.0. The molecule has 126 valence electrons. The van der Waals surface area contributed by atoms with Crippen molar-refractivity contribution in [2.75, 3.05) is 18.6 Å². The maximum Gasteiger partial charge on any atom is 0.254 e. The molecule has 1 aromatic rings. The van der Waals surface area contributed by atoms with Gasteiger partial charge in [-0.3, -0.25) is 4.79 Å². The number of pyridine rings is 1. The second-order valence-electron chi connectivity index (χ2n) is 6.62. The fourth-order valence-corrected chi connectivity index (χ4v) is 2.77. The summed E-state index contributed by atoms with van der Waals surface area (Å²) in [6.45, 7) is 12.5. The molecule has 0 aliphatic heterocycles. The quantitative estimate of drug-likeness (QED) is 0.570. The molecule has 1 aliphatic carbocycles. The zero-order chi connectivity index (χ0) is 17.1. The minimum atomic E-state index is 0.0580. The number of carbonyl (C=O) groups is 1. The number of amides is 1. The number of hydrogen-bond donors (Lipinski definition) is 0. The lowest BCUT2D eigenvalue weighted by Crippen LogP contribution is -2.31. The summed E-state index contributed by atoms with van der Waals surface area (Å²) in [6, 6.07) is 2.12. The number of hydrazone groups is 1. The van der Waals surface area contributed by atoms with Crippen molar-refractivity contribution in [2.45, 2.75) is 58.9 Å². The van der Waals surface area contributed by atoms with Crippen LogP contribution in [0, 0.1) is 6.92 Å². The molecular formula is C18H28N4O. The molecule has 0 saturated heterocycles. The van der Waals surface area contributed by atoms with Crippen LogP contribution in [-0.4, -0.2) is 42.1 Å². The van der Waals surface area contributed by atoms with Crippen LogP contribution in [-0.2, 0) is 0 Å². The van der Waals surface area contributed by atoms with E-state index in [1.54, 1.807) is 9.91 Å². The van der Waals surface area contributed by atoms with Gasteiger partial charge in [0.15, 0.2) is 5.82 Å². The Morgan fingerprint density at radius 2 is 2.13 bits per heavy atom. The molecule has 0 spiro atoms. The zero-order valence-electron chi connectivity index (χ0n) is 15.0. The molecule has 1 aliphatic rings. The van der Waals surface area contributed by atoms with Crippen LogP contribution in [0.1, 0.15) is 67.6 Å². The van der Waals surface area contributed by atoms with E-state index < -0.39 is 0 Å². The van der Waals surface area contributed by atoms with E-state index in [0.717, 1.165) is 48.4 Å². The summed E-state index contributed by atoms with van der Waals surface area (Å²) >= 11 is 0. The highest BCUT2D eigenvalue weighted by molar-refractivity contribution is 5.96. The van der Waals surface area contributed by atoms with Crippen LogP contribution in [0.5, 0.6) is 0 Å². The first kappa shape index (κ1) is 17.4. The number of anilines is 1. The summed E-state index contributed by atoms with van der Waals surface area (Å²) < 4.78 is 0. The highest BCUT2D eigenvalue weighted by Crippen LogP contribution is 2.41. The molecule has 0 radical (unpaired) electrons. The van der Waals surface area contributed by atoms with Crippen LogP contribution in [0.4, 0.5) is 5.82 Å².